The van der Waals surface area contributed by atoms with Gasteiger partial charge < -0.3 is 17.2 Å². The Morgan fingerprint density at radius 1 is 0.625 bits per heavy atom. The Bertz CT molecular complexity index is 738. The maximum atomic E-state index is 13.8. The van der Waals surface area contributed by atoms with Gasteiger partial charge in [0, 0.05) is 5.69 Å². The number of alkyl halides is 6. The minimum atomic E-state index is -5.69. The third-order valence-electron chi connectivity index (χ3n) is 3.69. The molecule has 6 N–H and O–H groups in total. The summed E-state index contributed by atoms with van der Waals surface area (Å²) in [7, 11) is 0. The fourth-order valence-corrected chi connectivity index (χ4v) is 2.56. The number of halogens is 6. The fraction of sp³-hybridized carbons (Fsp3) is 0.200. The second-order valence-electron chi connectivity index (χ2n) is 5.21. The van der Waals surface area contributed by atoms with Crippen molar-refractivity contribution in [1.29, 1.82) is 0 Å². The molecular weight excluding hydrogens is 336 g/mol. The quantitative estimate of drug-likeness (QED) is 0.569. The fourth-order valence-electron chi connectivity index (χ4n) is 2.56. The smallest absolute Gasteiger partial charge is 0.399 e. The van der Waals surface area contributed by atoms with Crippen molar-refractivity contribution < 1.29 is 26.3 Å². The van der Waals surface area contributed by atoms with Gasteiger partial charge in [0.1, 0.15) is 0 Å². The van der Waals surface area contributed by atoms with Gasteiger partial charge in [-0.1, -0.05) is 18.2 Å². The lowest BCUT2D eigenvalue weighted by molar-refractivity contribution is -0.288. The van der Waals surface area contributed by atoms with Crippen LogP contribution in [0.4, 0.5) is 43.4 Å². The molecule has 0 heterocycles. The van der Waals surface area contributed by atoms with Crippen molar-refractivity contribution in [3.8, 4) is 0 Å². The highest BCUT2D eigenvalue weighted by Crippen LogP contribution is 2.56. The van der Waals surface area contributed by atoms with Crippen LogP contribution in [-0.2, 0) is 5.41 Å². The molecule has 24 heavy (non-hydrogen) atoms. The number of nitrogens with two attached hydrogens (primary N) is 3. The van der Waals surface area contributed by atoms with E-state index in [1.807, 2.05) is 0 Å². The van der Waals surface area contributed by atoms with Crippen LogP contribution in [-0.4, -0.2) is 12.4 Å². The minimum absolute atomic E-state index is 0.121. The first-order valence-electron chi connectivity index (χ1n) is 6.56. The van der Waals surface area contributed by atoms with Crippen LogP contribution in [0.2, 0.25) is 0 Å². The zero-order valence-corrected chi connectivity index (χ0v) is 12.0. The monoisotopic (exact) mass is 349 g/mol. The van der Waals surface area contributed by atoms with Crippen LogP contribution in [0.25, 0.3) is 0 Å². The van der Waals surface area contributed by atoms with Gasteiger partial charge in [0.05, 0.1) is 11.4 Å². The Labute approximate surface area is 133 Å². The van der Waals surface area contributed by atoms with Crippen LogP contribution in [0.5, 0.6) is 0 Å². The van der Waals surface area contributed by atoms with Crippen molar-refractivity contribution >= 4 is 17.1 Å². The van der Waals surface area contributed by atoms with E-state index < -0.39 is 28.9 Å². The van der Waals surface area contributed by atoms with Crippen molar-refractivity contribution in [2.75, 3.05) is 17.2 Å². The molecule has 0 unspecified atom stereocenters. The van der Waals surface area contributed by atoms with Crippen LogP contribution in [0.1, 0.15) is 11.1 Å². The number of anilines is 3. The first kappa shape index (κ1) is 17.8. The summed E-state index contributed by atoms with van der Waals surface area (Å²) in [5.74, 6) is 0. The number of benzene rings is 2. The average molecular weight is 349 g/mol. The molecule has 0 fully saturated rings. The Balaban J connectivity index is 2.94. The lowest BCUT2D eigenvalue weighted by Crippen LogP contribution is -2.54. The first-order chi connectivity index (χ1) is 10.9. The summed E-state index contributed by atoms with van der Waals surface area (Å²) in [4.78, 5) is 0. The van der Waals surface area contributed by atoms with E-state index in [-0.39, 0.29) is 17.1 Å². The highest BCUT2D eigenvalue weighted by molar-refractivity contribution is 5.66. The zero-order valence-electron chi connectivity index (χ0n) is 12.0. The molecule has 0 spiro atoms. The first-order valence-corrected chi connectivity index (χ1v) is 6.56. The number of hydrogen-bond acceptors (Lipinski definition) is 3. The summed E-state index contributed by atoms with van der Waals surface area (Å²) in [5.41, 5.74) is 9.08. The predicted octanol–water partition coefficient (Wildman–Crippen LogP) is 3.84. The zero-order chi connectivity index (χ0) is 18.3. The van der Waals surface area contributed by atoms with Gasteiger partial charge in [-0.3, -0.25) is 0 Å². The van der Waals surface area contributed by atoms with E-state index in [1.165, 1.54) is 6.07 Å². The van der Waals surface area contributed by atoms with Gasteiger partial charge >= 0.3 is 12.4 Å². The molecule has 0 atom stereocenters. The average Bonchev–Trinajstić information content (AvgIpc) is 2.40. The number of nitrogen functional groups attached to an aromatic ring is 3. The molecule has 2 aromatic carbocycles. The normalized spacial score (nSPS) is 13.1. The number of hydrogen-bond donors (Lipinski definition) is 3. The Morgan fingerprint density at radius 2 is 1.17 bits per heavy atom. The molecule has 0 bridgehead atoms. The van der Waals surface area contributed by atoms with Gasteiger partial charge in [-0.15, -0.1) is 0 Å². The van der Waals surface area contributed by atoms with Crippen molar-refractivity contribution in [3.05, 3.63) is 53.6 Å². The highest BCUT2D eigenvalue weighted by atomic mass is 19.4. The van der Waals surface area contributed by atoms with Gasteiger partial charge in [-0.2, -0.15) is 26.3 Å². The largest absolute Gasteiger partial charge is 0.411 e. The molecule has 0 aliphatic rings. The standard InChI is InChI=1S/C15H13F6N3/c16-14(17,18)13(15(19,20)21,8-2-1-3-10(22)6-8)9-4-5-11(23)12(24)7-9/h1-7H,22-24H2. The van der Waals surface area contributed by atoms with E-state index in [0.29, 0.717) is 18.2 Å². The summed E-state index contributed by atoms with van der Waals surface area (Å²) in [6, 6.07) is 5.74. The molecule has 3 nitrogen and oxygen atoms in total. The second-order valence-corrected chi connectivity index (χ2v) is 5.21. The molecule has 0 aliphatic heterocycles. The van der Waals surface area contributed by atoms with Crippen molar-refractivity contribution in [3.63, 3.8) is 0 Å². The summed E-state index contributed by atoms with van der Waals surface area (Å²) >= 11 is 0. The van der Waals surface area contributed by atoms with Gasteiger partial charge in [-0.05, 0) is 35.4 Å². The molecule has 0 amide bonds. The topological polar surface area (TPSA) is 78.1 Å². The molecule has 9 heteroatoms. The SMILES string of the molecule is Nc1cccc(C(c2ccc(N)c(N)c2)(C(F)(F)F)C(F)(F)F)c1. The van der Waals surface area contributed by atoms with Crippen LogP contribution >= 0.6 is 0 Å². The molecule has 2 rings (SSSR count). The Morgan fingerprint density at radius 3 is 1.62 bits per heavy atom. The van der Waals surface area contributed by atoms with Crippen LogP contribution in [0.15, 0.2) is 42.5 Å². The molecule has 0 radical (unpaired) electrons. The molecule has 0 saturated carbocycles. The highest BCUT2D eigenvalue weighted by Gasteiger charge is 2.72. The Kier molecular flexibility index (Phi) is 4.07. The third kappa shape index (κ3) is 2.59. The summed E-state index contributed by atoms with van der Waals surface area (Å²) in [6.07, 6.45) is -11.4. The van der Waals surface area contributed by atoms with Gasteiger partial charge in [0.25, 0.3) is 0 Å². The molecule has 0 aromatic heterocycles. The lowest BCUT2D eigenvalue weighted by Gasteiger charge is -2.38. The summed E-state index contributed by atoms with van der Waals surface area (Å²) < 4.78 is 82.6. The van der Waals surface area contributed by atoms with Gasteiger partial charge in [0.2, 0.25) is 5.41 Å². The minimum Gasteiger partial charge on any atom is -0.399 e. The Hall–Kier alpha value is -2.58. The molecular formula is C15H13F6N3. The molecule has 130 valence electrons. The molecule has 0 saturated heterocycles. The third-order valence-corrected chi connectivity index (χ3v) is 3.69. The number of rotatable bonds is 2. The maximum Gasteiger partial charge on any atom is 0.411 e. The van der Waals surface area contributed by atoms with Crippen molar-refractivity contribution in [1.82, 2.24) is 0 Å². The molecule has 0 aliphatic carbocycles. The van der Waals surface area contributed by atoms with Crippen LogP contribution < -0.4 is 17.2 Å². The van der Waals surface area contributed by atoms with E-state index in [2.05, 4.69) is 0 Å². The second kappa shape index (κ2) is 5.50. The van der Waals surface area contributed by atoms with E-state index in [1.54, 1.807) is 0 Å². The predicted molar refractivity (Wildman–Crippen MR) is 79.0 cm³/mol. The maximum absolute atomic E-state index is 13.8. The van der Waals surface area contributed by atoms with Crippen LogP contribution in [0.3, 0.4) is 0 Å². The van der Waals surface area contributed by atoms with E-state index in [0.717, 1.165) is 18.2 Å². The van der Waals surface area contributed by atoms with Crippen LogP contribution in [0, 0.1) is 0 Å². The van der Waals surface area contributed by atoms with Crippen molar-refractivity contribution in [2.45, 2.75) is 17.8 Å². The van der Waals surface area contributed by atoms with Gasteiger partial charge in [0.15, 0.2) is 0 Å². The summed E-state index contributed by atoms with van der Waals surface area (Å²) in [5, 5.41) is 0. The molecule has 2 aromatic rings. The lowest BCUT2D eigenvalue weighted by atomic mass is 9.72. The summed E-state index contributed by atoms with van der Waals surface area (Å²) in [6.45, 7) is 0. The van der Waals surface area contributed by atoms with E-state index in [9.17, 15) is 26.3 Å². The van der Waals surface area contributed by atoms with E-state index >= 15 is 0 Å². The van der Waals surface area contributed by atoms with E-state index in [4.69, 9.17) is 17.2 Å². The van der Waals surface area contributed by atoms with Crippen molar-refractivity contribution in [2.24, 2.45) is 0 Å². The van der Waals surface area contributed by atoms with Gasteiger partial charge in [-0.25, -0.2) is 0 Å².